The van der Waals surface area contributed by atoms with Crippen LogP contribution in [0.4, 0.5) is 10.5 Å². The van der Waals surface area contributed by atoms with E-state index in [0.717, 1.165) is 19.3 Å². The van der Waals surface area contributed by atoms with Gasteiger partial charge in [-0.1, -0.05) is 12.5 Å². The minimum Gasteiger partial charge on any atom is -0.352 e. The first-order valence-corrected chi connectivity index (χ1v) is 7.74. The van der Waals surface area contributed by atoms with Gasteiger partial charge in [0.05, 0.1) is 0 Å². The zero-order chi connectivity index (χ0) is 17.1. The summed E-state index contributed by atoms with van der Waals surface area (Å²) in [6, 6.07) is 6.30. The van der Waals surface area contributed by atoms with Crippen LogP contribution in [-0.2, 0) is 4.79 Å². The number of rotatable bonds is 9. The van der Waals surface area contributed by atoms with Crippen molar-refractivity contribution < 1.29 is 14.4 Å². The van der Waals surface area contributed by atoms with Crippen LogP contribution >= 0.6 is 0 Å². The highest BCUT2D eigenvalue weighted by Gasteiger charge is 2.07. The highest BCUT2D eigenvalue weighted by Crippen LogP contribution is 2.12. The van der Waals surface area contributed by atoms with Gasteiger partial charge in [0.15, 0.2) is 0 Å². The summed E-state index contributed by atoms with van der Waals surface area (Å²) >= 11 is 0. The fourth-order valence-corrected chi connectivity index (χ4v) is 2.02. The molecule has 0 aromatic heterocycles. The van der Waals surface area contributed by atoms with Gasteiger partial charge < -0.3 is 21.7 Å². The Morgan fingerprint density at radius 2 is 1.87 bits per heavy atom. The lowest BCUT2D eigenvalue weighted by Gasteiger charge is -2.08. The molecule has 0 fully saturated rings. The molecule has 0 aliphatic carbocycles. The van der Waals surface area contributed by atoms with E-state index < -0.39 is 6.03 Å². The minimum absolute atomic E-state index is 0.0964. The standard InChI is InChI=1S/C16H24N4O3/c1-2-18-15(22)12-7-6-8-13(11-12)20-14(21)9-4-3-5-10-19-16(17)23/h6-8,11H,2-5,9-10H2,1H3,(H,18,22)(H,20,21)(H3,17,19,23). The molecule has 1 rings (SSSR count). The Morgan fingerprint density at radius 3 is 2.57 bits per heavy atom. The van der Waals surface area contributed by atoms with Crippen molar-refractivity contribution in [1.82, 2.24) is 10.6 Å². The predicted octanol–water partition coefficient (Wildman–Crippen LogP) is 1.60. The van der Waals surface area contributed by atoms with Crippen LogP contribution in [-0.4, -0.2) is 30.9 Å². The maximum atomic E-state index is 11.9. The van der Waals surface area contributed by atoms with Crippen LogP contribution in [0.1, 0.15) is 43.0 Å². The van der Waals surface area contributed by atoms with Crippen molar-refractivity contribution in [3.8, 4) is 0 Å². The summed E-state index contributed by atoms with van der Waals surface area (Å²) in [5.41, 5.74) is 6.07. The molecule has 23 heavy (non-hydrogen) atoms. The van der Waals surface area contributed by atoms with Gasteiger partial charge in [-0.3, -0.25) is 9.59 Å². The SMILES string of the molecule is CCNC(=O)c1cccc(NC(=O)CCCCCNC(N)=O)c1. The molecule has 1 aromatic rings. The first kappa shape index (κ1) is 18.5. The molecule has 126 valence electrons. The highest BCUT2D eigenvalue weighted by molar-refractivity contribution is 5.97. The second kappa shape index (κ2) is 10.2. The Labute approximate surface area is 136 Å². The molecule has 0 unspecified atom stereocenters. The normalized spacial score (nSPS) is 9.96. The van der Waals surface area contributed by atoms with Gasteiger partial charge in [0, 0.05) is 30.8 Å². The second-order valence-electron chi connectivity index (χ2n) is 5.09. The van der Waals surface area contributed by atoms with Gasteiger partial charge in [0.1, 0.15) is 0 Å². The van der Waals surface area contributed by atoms with Gasteiger partial charge in [0.25, 0.3) is 5.91 Å². The summed E-state index contributed by atoms with van der Waals surface area (Å²) in [7, 11) is 0. The van der Waals surface area contributed by atoms with Gasteiger partial charge in [-0.2, -0.15) is 0 Å². The predicted molar refractivity (Wildman–Crippen MR) is 89.1 cm³/mol. The van der Waals surface area contributed by atoms with Crippen LogP contribution in [0.2, 0.25) is 0 Å². The van der Waals surface area contributed by atoms with Crippen molar-refractivity contribution in [3.63, 3.8) is 0 Å². The summed E-state index contributed by atoms with van der Waals surface area (Å²) in [5.74, 6) is -0.258. The summed E-state index contributed by atoms with van der Waals surface area (Å²) in [5, 5.41) is 7.99. The number of unbranched alkanes of at least 4 members (excludes halogenated alkanes) is 2. The van der Waals surface area contributed by atoms with Crippen LogP contribution in [0.3, 0.4) is 0 Å². The van der Waals surface area contributed by atoms with E-state index in [2.05, 4.69) is 16.0 Å². The smallest absolute Gasteiger partial charge is 0.312 e. The van der Waals surface area contributed by atoms with E-state index in [1.807, 2.05) is 6.92 Å². The Bertz CT molecular complexity index is 546. The van der Waals surface area contributed by atoms with E-state index in [9.17, 15) is 14.4 Å². The fraction of sp³-hybridized carbons (Fsp3) is 0.438. The number of amides is 4. The molecule has 0 radical (unpaired) electrons. The third-order valence-corrected chi connectivity index (χ3v) is 3.13. The molecule has 0 saturated heterocycles. The molecule has 4 amide bonds. The van der Waals surface area contributed by atoms with Crippen molar-refractivity contribution in [1.29, 1.82) is 0 Å². The molecule has 7 nitrogen and oxygen atoms in total. The van der Waals surface area contributed by atoms with E-state index in [1.165, 1.54) is 0 Å². The number of nitrogens with one attached hydrogen (secondary N) is 3. The van der Waals surface area contributed by atoms with Gasteiger partial charge >= 0.3 is 6.03 Å². The van der Waals surface area contributed by atoms with Crippen molar-refractivity contribution >= 4 is 23.5 Å². The van der Waals surface area contributed by atoms with Crippen LogP contribution in [0, 0.1) is 0 Å². The molecule has 0 aliphatic heterocycles. The van der Waals surface area contributed by atoms with Gasteiger partial charge in [0.2, 0.25) is 5.91 Å². The summed E-state index contributed by atoms with van der Waals surface area (Å²) < 4.78 is 0. The summed E-state index contributed by atoms with van der Waals surface area (Å²) in [6.07, 6.45) is 2.72. The van der Waals surface area contributed by atoms with Gasteiger partial charge in [-0.15, -0.1) is 0 Å². The summed E-state index contributed by atoms with van der Waals surface area (Å²) in [4.78, 5) is 34.1. The van der Waals surface area contributed by atoms with E-state index in [-0.39, 0.29) is 11.8 Å². The topological polar surface area (TPSA) is 113 Å². The number of nitrogens with two attached hydrogens (primary N) is 1. The van der Waals surface area contributed by atoms with Crippen LogP contribution < -0.4 is 21.7 Å². The molecule has 1 aromatic carbocycles. The second-order valence-corrected chi connectivity index (χ2v) is 5.09. The van der Waals surface area contributed by atoms with E-state index in [4.69, 9.17) is 5.73 Å². The molecular weight excluding hydrogens is 296 g/mol. The average molecular weight is 320 g/mol. The molecule has 0 spiro atoms. The quantitative estimate of drug-likeness (QED) is 0.518. The molecule has 0 bridgehead atoms. The fourth-order valence-electron chi connectivity index (χ4n) is 2.02. The van der Waals surface area contributed by atoms with Gasteiger partial charge in [-0.05, 0) is 38.0 Å². The average Bonchev–Trinajstić information content (AvgIpc) is 2.51. The van der Waals surface area contributed by atoms with Crippen molar-refractivity contribution in [3.05, 3.63) is 29.8 Å². The van der Waals surface area contributed by atoms with Crippen molar-refractivity contribution in [2.75, 3.05) is 18.4 Å². The molecule has 7 heteroatoms. The number of urea groups is 1. The lowest BCUT2D eigenvalue weighted by molar-refractivity contribution is -0.116. The van der Waals surface area contributed by atoms with E-state index >= 15 is 0 Å². The Morgan fingerprint density at radius 1 is 1.09 bits per heavy atom. The molecule has 0 heterocycles. The number of anilines is 1. The minimum atomic E-state index is -0.533. The summed E-state index contributed by atoms with van der Waals surface area (Å²) in [6.45, 7) is 2.92. The van der Waals surface area contributed by atoms with Gasteiger partial charge in [-0.25, -0.2) is 4.79 Å². The maximum absolute atomic E-state index is 11.9. The first-order chi connectivity index (χ1) is 11.0. The largest absolute Gasteiger partial charge is 0.352 e. The van der Waals surface area contributed by atoms with E-state index in [1.54, 1.807) is 24.3 Å². The number of hydrogen-bond donors (Lipinski definition) is 4. The Balaban J connectivity index is 2.32. The zero-order valence-corrected chi connectivity index (χ0v) is 13.4. The maximum Gasteiger partial charge on any atom is 0.312 e. The monoisotopic (exact) mass is 320 g/mol. The zero-order valence-electron chi connectivity index (χ0n) is 13.4. The highest BCUT2D eigenvalue weighted by atomic mass is 16.2. The van der Waals surface area contributed by atoms with Crippen molar-refractivity contribution in [2.24, 2.45) is 5.73 Å². The number of benzene rings is 1. The van der Waals surface area contributed by atoms with Crippen LogP contribution in [0.5, 0.6) is 0 Å². The van der Waals surface area contributed by atoms with E-state index in [0.29, 0.717) is 30.8 Å². The number of hydrogen-bond acceptors (Lipinski definition) is 3. The number of carbonyl (C=O) groups excluding carboxylic acids is 3. The molecule has 0 atom stereocenters. The lowest BCUT2D eigenvalue weighted by Crippen LogP contribution is -2.29. The molecular formula is C16H24N4O3. The number of carbonyl (C=O) groups is 3. The first-order valence-electron chi connectivity index (χ1n) is 7.74. The molecule has 0 saturated carbocycles. The Hall–Kier alpha value is -2.57. The van der Waals surface area contributed by atoms with Crippen LogP contribution in [0.15, 0.2) is 24.3 Å². The molecule has 5 N–H and O–H groups in total. The number of primary amides is 1. The third kappa shape index (κ3) is 7.85. The van der Waals surface area contributed by atoms with Crippen LogP contribution in [0.25, 0.3) is 0 Å². The third-order valence-electron chi connectivity index (χ3n) is 3.13. The molecule has 0 aliphatic rings. The lowest BCUT2D eigenvalue weighted by atomic mass is 10.1. The Kier molecular flexibility index (Phi) is 8.20. The van der Waals surface area contributed by atoms with Crippen molar-refractivity contribution in [2.45, 2.75) is 32.6 Å².